The monoisotopic (exact) mass is 277 g/mol. The molecule has 106 valence electrons. The van der Waals surface area contributed by atoms with Crippen molar-refractivity contribution in [1.29, 1.82) is 0 Å². The zero-order valence-corrected chi connectivity index (χ0v) is 13.3. The van der Waals surface area contributed by atoms with Crippen molar-refractivity contribution in [2.75, 3.05) is 13.1 Å². The normalized spacial score (nSPS) is 18.6. The SMILES string of the molecule is CCCN(CCC)C1CCc2cccc(CS)c2C1. The predicted octanol–water partition coefficient (Wildman–Crippen LogP) is 4.10. The van der Waals surface area contributed by atoms with E-state index in [-0.39, 0.29) is 0 Å². The lowest BCUT2D eigenvalue weighted by Gasteiger charge is -2.35. The summed E-state index contributed by atoms with van der Waals surface area (Å²) in [4.78, 5) is 2.71. The van der Waals surface area contributed by atoms with Crippen LogP contribution >= 0.6 is 12.6 Å². The highest BCUT2D eigenvalue weighted by Crippen LogP contribution is 2.28. The number of benzene rings is 1. The van der Waals surface area contributed by atoms with Gasteiger partial charge in [-0.25, -0.2) is 0 Å². The summed E-state index contributed by atoms with van der Waals surface area (Å²) in [5, 5.41) is 0. The van der Waals surface area contributed by atoms with Crippen LogP contribution in [0.2, 0.25) is 0 Å². The molecule has 19 heavy (non-hydrogen) atoms. The molecule has 1 aliphatic rings. The molecule has 1 aliphatic carbocycles. The van der Waals surface area contributed by atoms with Gasteiger partial charge >= 0.3 is 0 Å². The number of nitrogens with zero attached hydrogens (tertiary/aromatic N) is 1. The summed E-state index contributed by atoms with van der Waals surface area (Å²) in [5.41, 5.74) is 4.60. The Bertz CT molecular complexity index is 382. The topological polar surface area (TPSA) is 3.24 Å². The Morgan fingerprint density at radius 2 is 1.95 bits per heavy atom. The van der Waals surface area contributed by atoms with E-state index in [0.717, 1.165) is 11.8 Å². The predicted molar refractivity (Wildman–Crippen MR) is 87.1 cm³/mol. The van der Waals surface area contributed by atoms with Crippen LogP contribution in [0.25, 0.3) is 0 Å². The summed E-state index contributed by atoms with van der Waals surface area (Å²) in [7, 11) is 0. The van der Waals surface area contributed by atoms with Gasteiger partial charge in [0.1, 0.15) is 0 Å². The summed E-state index contributed by atoms with van der Waals surface area (Å²) >= 11 is 4.49. The Hall–Kier alpha value is -0.470. The molecule has 0 saturated heterocycles. The minimum absolute atomic E-state index is 0.744. The average molecular weight is 277 g/mol. The number of fused-ring (bicyclic) bond motifs is 1. The Balaban J connectivity index is 2.15. The molecule has 2 rings (SSSR count). The van der Waals surface area contributed by atoms with E-state index in [4.69, 9.17) is 0 Å². The smallest absolute Gasteiger partial charge is 0.0157 e. The Labute approximate surface area is 123 Å². The first-order valence-corrected chi connectivity index (χ1v) is 8.37. The third-order valence-electron chi connectivity index (χ3n) is 4.27. The number of hydrogen-bond donors (Lipinski definition) is 1. The molecule has 0 radical (unpaired) electrons. The third kappa shape index (κ3) is 3.55. The van der Waals surface area contributed by atoms with Gasteiger partial charge in [0.15, 0.2) is 0 Å². The first kappa shape index (κ1) is 14.9. The zero-order valence-electron chi connectivity index (χ0n) is 12.4. The van der Waals surface area contributed by atoms with Crippen molar-refractivity contribution < 1.29 is 0 Å². The van der Waals surface area contributed by atoms with Crippen LogP contribution in [0.15, 0.2) is 18.2 Å². The molecule has 0 spiro atoms. The number of aryl methyl sites for hydroxylation is 1. The van der Waals surface area contributed by atoms with Gasteiger partial charge in [0, 0.05) is 11.8 Å². The highest BCUT2D eigenvalue weighted by atomic mass is 32.1. The molecule has 0 amide bonds. The van der Waals surface area contributed by atoms with Crippen molar-refractivity contribution in [2.24, 2.45) is 0 Å². The van der Waals surface area contributed by atoms with Crippen LogP contribution in [0.3, 0.4) is 0 Å². The first-order valence-electron chi connectivity index (χ1n) is 7.74. The van der Waals surface area contributed by atoms with E-state index in [1.807, 2.05) is 0 Å². The maximum absolute atomic E-state index is 4.49. The second-order valence-electron chi connectivity index (χ2n) is 5.65. The molecule has 0 bridgehead atoms. The quantitative estimate of drug-likeness (QED) is 0.766. The van der Waals surface area contributed by atoms with Gasteiger partial charge in [-0.2, -0.15) is 12.6 Å². The van der Waals surface area contributed by atoms with Gasteiger partial charge in [-0.15, -0.1) is 0 Å². The standard InChI is InChI=1S/C17H27NS/c1-3-10-18(11-4-2)16-9-8-14-6-5-7-15(13-19)17(14)12-16/h5-7,16,19H,3-4,8-13H2,1-2H3. The van der Waals surface area contributed by atoms with Gasteiger partial charge in [0.25, 0.3) is 0 Å². The molecule has 0 saturated carbocycles. The lowest BCUT2D eigenvalue weighted by Crippen LogP contribution is -2.40. The van der Waals surface area contributed by atoms with Crippen LogP contribution in [-0.2, 0) is 18.6 Å². The molecule has 1 atom stereocenters. The molecular formula is C17H27NS. The van der Waals surface area contributed by atoms with E-state index >= 15 is 0 Å². The molecule has 0 fully saturated rings. The Kier molecular flexibility index (Phi) is 5.77. The fraction of sp³-hybridized carbons (Fsp3) is 0.647. The second kappa shape index (κ2) is 7.35. The molecular weight excluding hydrogens is 250 g/mol. The molecule has 0 heterocycles. The number of thiol groups is 1. The minimum Gasteiger partial charge on any atom is -0.300 e. The second-order valence-corrected chi connectivity index (χ2v) is 5.96. The maximum Gasteiger partial charge on any atom is 0.0157 e. The lowest BCUT2D eigenvalue weighted by molar-refractivity contribution is 0.180. The molecule has 2 heteroatoms. The average Bonchev–Trinajstić information content (AvgIpc) is 2.46. The van der Waals surface area contributed by atoms with Gasteiger partial charge < -0.3 is 4.90 Å². The van der Waals surface area contributed by atoms with Gasteiger partial charge in [0.05, 0.1) is 0 Å². The molecule has 1 aromatic carbocycles. The molecule has 0 aliphatic heterocycles. The fourth-order valence-electron chi connectivity index (χ4n) is 3.36. The van der Waals surface area contributed by atoms with Gasteiger partial charge in [0.2, 0.25) is 0 Å². The fourth-order valence-corrected chi connectivity index (χ4v) is 3.65. The molecule has 0 aromatic heterocycles. The van der Waals surface area contributed by atoms with Gasteiger partial charge in [-0.05, 0) is 61.9 Å². The van der Waals surface area contributed by atoms with E-state index in [9.17, 15) is 0 Å². The Morgan fingerprint density at radius 1 is 1.21 bits per heavy atom. The summed E-state index contributed by atoms with van der Waals surface area (Å²) in [6.07, 6.45) is 6.32. The summed E-state index contributed by atoms with van der Waals surface area (Å²) in [5.74, 6) is 0.872. The van der Waals surface area contributed by atoms with E-state index in [0.29, 0.717) is 0 Å². The van der Waals surface area contributed by atoms with Crippen LogP contribution in [0.5, 0.6) is 0 Å². The summed E-state index contributed by atoms with van der Waals surface area (Å²) < 4.78 is 0. The third-order valence-corrected chi connectivity index (χ3v) is 4.61. The highest BCUT2D eigenvalue weighted by Gasteiger charge is 2.24. The summed E-state index contributed by atoms with van der Waals surface area (Å²) in [6.45, 7) is 7.07. The van der Waals surface area contributed by atoms with E-state index < -0.39 is 0 Å². The van der Waals surface area contributed by atoms with Gasteiger partial charge in [-0.3, -0.25) is 0 Å². The minimum atomic E-state index is 0.744. The van der Waals surface area contributed by atoms with Gasteiger partial charge in [-0.1, -0.05) is 32.0 Å². The molecule has 1 nitrogen and oxygen atoms in total. The maximum atomic E-state index is 4.49. The largest absolute Gasteiger partial charge is 0.300 e. The molecule has 0 N–H and O–H groups in total. The lowest BCUT2D eigenvalue weighted by atomic mass is 9.85. The molecule has 1 unspecified atom stereocenters. The first-order chi connectivity index (χ1) is 9.30. The van der Waals surface area contributed by atoms with Crippen molar-refractivity contribution in [3.8, 4) is 0 Å². The van der Waals surface area contributed by atoms with Crippen LogP contribution < -0.4 is 0 Å². The van der Waals surface area contributed by atoms with Crippen LogP contribution in [0.1, 0.15) is 49.8 Å². The van der Waals surface area contributed by atoms with Crippen LogP contribution in [-0.4, -0.2) is 24.0 Å². The van der Waals surface area contributed by atoms with Crippen LogP contribution in [0.4, 0.5) is 0 Å². The van der Waals surface area contributed by atoms with Crippen molar-refractivity contribution in [1.82, 2.24) is 4.90 Å². The van der Waals surface area contributed by atoms with Crippen molar-refractivity contribution in [2.45, 2.75) is 57.7 Å². The Morgan fingerprint density at radius 3 is 2.58 bits per heavy atom. The summed E-state index contributed by atoms with van der Waals surface area (Å²) in [6, 6.07) is 7.50. The number of hydrogen-bond acceptors (Lipinski definition) is 2. The van der Waals surface area contributed by atoms with E-state index in [2.05, 4.69) is 49.6 Å². The number of rotatable bonds is 6. The zero-order chi connectivity index (χ0) is 13.7. The van der Waals surface area contributed by atoms with Crippen molar-refractivity contribution in [3.05, 3.63) is 34.9 Å². The molecule has 1 aromatic rings. The van der Waals surface area contributed by atoms with Crippen molar-refractivity contribution >= 4 is 12.6 Å². The highest BCUT2D eigenvalue weighted by molar-refractivity contribution is 7.79. The van der Waals surface area contributed by atoms with Crippen LogP contribution in [0, 0.1) is 0 Å². The van der Waals surface area contributed by atoms with E-state index in [1.165, 1.54) is 50.8 Å². The van der Waals surface area contributed by atoms with Crippen molar-refractivity contribution in [3.63, 3.8) is 0 Å². The van der Waals surface area contributed by atoms with E-state index in [1.54, 1.807) is 11.1 Å².